The molecule has 22 heavy (non-hydrogen) atoms. The molecular weight excluding hydrogens is 270 g/mol. The van der Waals surface area contributed by atoms with E-state index in [-0.39, 0.29) is 0 Å². The molecular formula is C19H13N3. The molecule has 2 heterocycles. The second-order valence-corrected chi connectivity index (χ2v) is 5.75. The van der Waals surface area contributed by atoms with Crippen molar-refractivity contribution in [2.75, 3.05) is 0 Å². The largest absolute Gasteiger partial charge is 0.212 e. The Balaban J connectivity index is 1.99. The van der Waals surface area contributed by atoms with Crippen LogP contribution < -0.4 is 0 Å². The Morgan fingerprint density at radius 2 is 1.73 bits per heavy atom. The summed E-state index contributed by atoms with van der Waals surface area (Å²) in [6, 6.07) is 21.2. The van der Waals surface area contributed by atoms with Gasteiger partial charge in [-0.1, -0.05) is 59.3 Å². The molecule has 3 heteroatoms. The van der Waals surface area contributed by atoms with E-state index in [9.17, 15) is 0 Å². The summed E-state index contributed by atoms with van der Waals surface area (Å²) in [6.07, 6.45) is 0. The van der Waals surface area contributed by atoms with E-state index in [1.807, 2.05) is 4.52 Å². The van der Waals surface area contributed by atoms with Crippen LogP contribution in [0.3, 0.4) is 0 Å². The van der Waals surface area contributed by atoms with Crippen LogP contribution in [0.25, 0.3) is 38.4 Å². The molecule has 0 bridgehead atoms. The van der Waals surface area contributed by atoms with Crippen molar-refractivity contribution in [1.29, 1.82) is 0 Å². The van der Waals surface area contributed by atoms with E-state index in [1.54, 1.807) is 0 Å². The number of benzene rings is 3. The zero-order chi connectivity index (χ0) is 14.7. The van der Waals surface area contributed by atoms with Crippen LogP contribution in [0.15, 0.2) is 60.7 Å². The van der Waals surface area contributed by atoms with Crippen molar-refractivity contribution in [3.8, 4) is 11.3 Å². The van der Waals surface area contributed by atoms with E-state index in [0.717, 1.165) is 22.3 Å². The fraction of sp³-hybridized carbons (Fsp3) is 0.0526. The smallest absolute Gasteiger partial charge is 0.121 e. The third-order valence-corrected chi connectivity index (χ3v) is 4.33. The van der Waals surface area contributed by atoms with Crippen molar-refractivity contribution in [2.24, 2.45) is 0 Å². The Morgan fingerprint density at radius 1 is 0.909 bits per heavy atom. The van der Waals surface area contributed by atoms with E-state index in [2.05, 4.69) is 77.9 Å². The lowest BCUT2D eigenvalue weighted by atomic mass is 10.0. The van der Waals surface area contributed by atoms with Gasteiger partial charge in [-0.05, 0) is 24.4 Å². The molecule has 0 aliphatic carbocycles. The standard InChI is InChI=1S/C19H13N3/c1-12-5-2-8-14(11-12)18-19-15-9-3-6-13-7-4-10-16(17(13)15)22(19)21-20-18/h2-11H,1H3. The Bertz CT molecular complexity index is 1130. The molecule has 0 spiro atoms. The van der Waals surface area contributed by atoms with Gasteiger partial charge in [0.1, 0.15) is 11.2 Å². The van der Waals surface area contributed by atoms with E-state index in [0.29, 0.717) is 0 Å². The molecule has 0 N–H and O–H groups in total. The fourth-order valence-corrected chi connectivity index (χ4v) is 3.37. The van der Waals surface area contributed by atoms with Gasteiger partial charge in [-0.2, -0.15) is 0 Å². The molecule has 5 aromatic rings. The molecule has 0 fully saturated rings. The van der Waals surface area contributed by atoms with Crippen LogP contribution in [-0.4, -0.2) is 14.8 Å². The first-order valence-electron chi connectivity index (χ1n) is 7.38. The van der Waals surface area contributed by atoms with Crippen molar-refractivity contribution in [2.45, 2.75) is 6.92 Å². The summed E-state index contributed by atoms with van der Waals surface area (Å²) < 4.78 is 1.97. The monoisotopic (exact) mass is 283 g/mol. The fourth-order valence-electron chi connectivity index (χ4n) is 3.37. The minimum absolute atomic E-state index is 0.951. The molecule has 0 radical (unpaired) electrons. The van der Waals surface area contributed by atoms with Crippen LogP contribution in [0.4, 0.5) is 0 Å². The van der Waals surface area contributed by atoms with Gasteiger partial charge in [-0.25, -0.2) is 4.52 Å². The van der Waals surface area contributed by atoms with E-state index in [4.69, 9.17) is 0 Å². The molecule has 0 atom stereocenters. The predicted molar refractivity (Wildman–Crippen MR) is 89.4 cm³/mol. The molecule has 3 nitrogen and oxygen atoms in total. The molecule has 0 saturated carbocycles. The van der Waals surface area contributed by atoms with Crippen LogP contribution in [0.1, 0.15) is 5.56 Å². The number of nitrogens with zero attached hydrogens (tertiary/aromatic N) is 3. The van der Waals surface area contributed by atoms with E-state index < -0.39 is 0 Å². The average Bonchev–Trinajstić information content (AvgIpc) is 3.10. The Morgan fingerprint density at radius 3 is 2.59 bits per heavy atom. The maximum atomic E-state index is 4.45. The van der Waals surface area contributed by atoms with E-state index >= 15 is 0 Å². The second-order valence-electron chi connectivity index (χ2n) is 5.75. The summed E-state index contributed by atoms with van der Waals surface area (Å²) in [5, 5.41) is 12.6. The summed E-state index contributed by atoms with van der Waals surface area (Å²) in [7, 11) is 0. The van der Waals surface area contributed by atoms with Gasteiger partial charge in [0.25, 0.3) is 0 Å². The molecule has 2 aromatic heterocycles. The summed E-state index contributed by atoms with van der Waals surface area (Å²) in [5.41, 5.74) is 5.51. The van der Waals surface area contributed by atoms with E-state index in [1.165, 1.54) is 21.7 Å². The third kappa shape index (κ3) is 1.40. The normalized spacial score (nSPS) is 11.9. The number of aromatic nitrogens is 3. The molecule has 0 aliphatic rings. The first-order chi connectivity index (χ1) is 10.8. The Hall–Kier alpha value is -2.94. The molecule has 0 amide bonds. The first-order valence-corrected chi connectivity index (χ1v) is 7.38. The molecule has 5 rings (SSSR count). The van der Waals surface area contributed by atoms with Gasteiger partial charge in [-0.15, -0.1) is 5.10 Å². The van der Waals surface area contributed by atoms with Gasteiger partial charge >= 0.3 is 0 Å². The van der Waals surface area contributed by atoms with Crippen LogP contribution in [0.2, 0.25) is 0 Å². The minimum Gasteiger partial charge on any atom is -0.212 e. The van der Waals surface area contributed by atoms with Crippen LogP contribution in [-0.2, 0) is 0 Å². The zero-order valence-electron chi connectivity index (χ0n) is 12.1. The summed E-state index contributed by atoms with van der Waals surface area (Å²) >= 11 is 0. The number of hydrogen-bond donors (Lipinski definition) is 0. The highest BCUT2D eigenvalue weighted by Crippen LogP contribution is 2.36. The van der Waals surface area contributed by atoms with Crippen molar-refractivity contribution in [1.82, 2.24) is 14.8 Å². The van der Waals surface area contributed by atoms with Crippen LogP contribution in [0, 0.1) is 6.92 Å². The molecule has 0 unspecified atom stereocenters. The number of aryl methyl sites for hydroxylation is 1. The molecule has 0 saturated heterocycles. The lowest BCUT2D eigenvalue weighted by Gasteiger charge is -1.99. The lowest BCUT2D eigenvalue weighted by Crippen LogP contribution is -1.83. The molecule has 104 valence electrons. The Kier molecular flexibility index (Phi) is 2.15. The predicted octanol–water partition coefficient (Wildman–Crippen LogP) is 4.45. The average molecular weight is 283 g/mol. The minimum atomic E-state index is 0.951. The highest BCUT2D eigenvalue weighted by molar-refractivity contribution is 6.18. The zero-order valence-corrected chi connectivity index (χ0v) is 12.1. The van der Waals surface area contributed by atoms with Crippen LogP contribution >= 0.6 is 0 Å². The van der Waals surface area contributed by atoms with Gasteiger partial charge in [0.05, 0.1) is 5.52 Å². The van der Waals surface area contributed by atoms with Crippen molar-refractivity contribution >= 4 is 27.2 Å². The van der Waals surface area contributed by atoms with Gasteiger partial charge in [-0.3, -0.25) is 0 Å². The number of rotatable bonds is 1. The van der Waals surface area contributed by atoms with Crippen molar-refractivity contribution in [3.05, 3.63) is 66.2 Å². The van der Waals surface area contributed by atoms with Crippen molar-refractivity contribution in [3.63, 3.8) is 0 Å². The lowest BCUT2D eigenvalue weighted by molar-refractivity contribution is 0.888. The summed E-state index contributed by atoms with van der Waals surface area (Å²) in [4.78, 5) is 0. The van der Waals surface area contributed by atoms with Gasteiger partial charge in [0, 0.05) is 16.3 Å². The SMILES string of the molecule is Cc1cccc(-c2nnn3c4cccc5cccc(c54)c23)c1. The maximum absolute atomic E-state index is 4.45. The highest BCUT2D eigenvalue weighted by atomic mass is 15.4. The highest BCUT2D eigenvalue weighted by Gasteiger charge is 2.18. The summed E-state index contributed by atoms with van der Waals surface area (Å²) in [5.74, 6) is 0. The van der Waals surface area contributed by atoms with Gasteiger partial charge < -0.3 is 0 Å². The van der Waals surface area contributed by atoms with Gasteiger partial charge in [0.15, 0.2) is 0 Å². The number of fused-ring (bicyclic) bond motifs is 3. The van der Waals surface area contributed by atoms with Crippen LogP contribution in [0.5, 0.6) is 0 Å². The number of hydrogen-bond acceptors (Lipinski definition) is 2. The maximum Gasteiger partial charge on any atom is 0.121 e. The first kappa shape index (κ1) is 11.7. The molecule has 0 aliphatic heterocycles. The topological polar surface area (TPSA) is 30.2 Å². The second kappa shape index (κ2) is 4.04. The third-order valence-electron chi connectivity index (χ3n) is 4.33. The molecule has 3 aromatic carbocycles. The van der Waals surface area contributed by atoms with Gasteiger partial charge in [0.2, 0.25) is 0 Å². The Labute approximate surface area is 127 Å². The summed E-state index contributed by atoms with van der Waals surface area (Å²) in [6.45, 7) is 2.10. The quantitative estimate of drug-likeness (QED) is 0.455. The van der Waals surface area contributed by atoms with Crippen molar-refractivity contribution < 1.29 is 0 Å².